The molecule has 5 rings (SSSR count). The number of amides is 2. The number of carbonyl (C=O) groups is 2. The van der Waals surface area contributed by atoms with Crippen LogP contribution in [-0.2, 0) is 9.59 Å². The van der Waals surface area contributed by atoms with Crippen LogP contribution < -0.4 is 10.2 Å². The Labute approximate surface area is 173 Å². The van der Waals surface area contributed by atoms with Gasteiger partial charge in [-0.15, -0.1) is 0 Å². The topological polar surface area (TPSA) is 65.5 Å². The largest absolute Gasteiger partial charge is 0.356 e. The van der Waals surface area contributed by atoms with Crippen molar-refractivity contribution in [2.24, 2.45) is 17.8 Å². The average Bonchev–Trinajstić information content (AvgIpc) is 2.67. The lowest BCUT2D eigenvalue weighted by Gasteiger charge is -2.56. The number of hydrogen-bond acceptors (Lipinski definition) is 4. The maximum atomic E-state index is 12.9. The van der Waals surface area contributed by atoms with Crippen molar-refractivity contribution in [2.45, 2.75) is 64.0 Å². The third kappa shape index (κ3) is 3.51. The van der Waals surface area contributed by atoms with Crippen LogP contribution in [-0.4, -0.2) is 53.4 Å². The quantitative estimate of drug-likeness (QED) is 0.849. The molecule has 0 aromatic carbocycles. The molecule has 6 nitrogen and oxygen atoms in total. The monoisotopic (exact) mass is 396 g/mol. The number of fused-ring (bicyclic) bond motifs is 4. The summed E-state index contributed by atoms with van der Waals surface area (Å²) >= 11 is 0. The van der Waals surface area contributed by atoms with Crippen molar-refractivity contribution in [3.8, 4) is 0 Å². The van der Waals surface area contributed by atoms with Gasteiger partial charge in [0.05, 0.1) is 6.04 Å². The molecule has 2 amide bonds. The Morgan fingerprint density at radius 1 is 1.21 bits per heavy atom. The third-order valence-corrected chi connectivity index (χ3v) is 7.68. The van der Waals surface area contributed by atoms with Crippen LogP contribution in [0.5, 0.6) is 0 Å². The number of aryl methyl sites for hydroxylation is 1. The zero-order valence-corrected chi connectivity index (χ0v) is 17.3. The van der Waals surface area contributed by atoms with Gasteiger partial charge in [-0.3, -0.25) is 9.59 Å². The van der Waals surface area contributed by atoms with Crippen molar-refractivity contribution >= 4 is 17.6 Å². The number of nitrogens with zero attached hydrogens (tertiary/aromatic N) is 3. The summed E-state index contributed by atoms with van der Waals surface area (Å²) in [6, 6.07) is 4.62. The van der Waals surface area contributed by atoms with Crippen LogP contribution in [0.3, 0.4) is 0 Å². The summed E-state index contributed by atoms with van der Waals surface area (Å²) in [7, 11) is 0. The maximum Gasteiger partial charge on any atom is 0.223 e. The van der Waals surface area contributed by atoms with Gasteiger partial charge in [-0.25, -0.2) is 4.98 Å². The lowest BCUT2D eigenvalue weighted by molar-refractivity contribution is -0.149. The van der Waals surface area contributed by atoms with Crippen LogP contribution in [0.2, 0.25) is 0 Å². The Morgan fingerprint density at radius 3 is 2.79 bits per heavy atom. The second-order valence-electron chi connectivity index (χ2n) is 9.55. The second-order valence-corrected chi connectivity index (χ2v) is 9.55. The smallest absolute Gasteiger partial charge is 0.223 e. The Balaban J connectivity index is 1.37. The molecule has 1 N–H and O–H groups in total. The van der Waals surface area contributed by atoms with E-state index in [1.165, 1.54) is 5.56 Å². The fourth-order valence-electron chi connectivity index (χ4n) is 5.94. The van der Waals surface area contributed by atoms with Gasteiger partial charge in [0.15, 0.2) is 0 Å². The molecule has 4 aliphatic rings. The zero-order valence-electron chi connectivity index (χ0n) is 17.3. The van der Waals surface area contributed by atoms with Crippen LogP contribution in [0.25, 0.3) is 0 Å². The summed E-state index contributed by atoms with van der Waals surface area (Å²) in [5.74, 6) is 2.61. The predicted octanol–water partition coefficient (Wildman–Crippen LogP) is 2.51. The molecule has 4 atom stereocenters. The number of anilines is 1. The molecule has 1 aromatic heterocycles. The molecular formula is C23H32N4O2. The predicted molar refractivity (Wildman–Crippen MR) is 111 cm³/mol. The summed E-state index contributed by atoms with van der Waals surface area (Å²) < 4.78 is 0. The summed E-state index contributed by atoms with van der Waals surface area (Å²) in [5, 5.41) is 3.21. The molecule has 4 heterocycles. The van der Waals surface area contributed by atoms with Gasteiger partial charge in [-0.1, -0.05) is 6.42 Å². The highest BCUT2D eigenvalue weighted by molar-refractivity contribution is 5.80. The van der Waals surface area contributed by atoms with E-state index in [0.29, 0.717) is 36.8 Å². The van der Waals surface area contributed by atoms with Gasteiger partial charge in [0.1, 0.15) is 5.82 Å². The standard InChI is InChI=1S/C23H32N4O2/c1-15-8-9-24-21(10-15)26-13-17-11-18(14-26)20(12-25-23(29)16-4-2-5-16)27-19(17)6-3-7-22(27)28/h8-10,16-20H,2-7,11-14H2,1H3,(H,25,29)/t17-,18+,19+,20+/m1/s1. The van der Waals surface area contributed by atoms with Gasteiger partial charge in [-0.2, -0.15) is 0 Å². The average molecular weight is 397 g/mol. The molecule has 1 aromatic rings. The summed E-state index contributed by atoms with van der Waals surface area (Å²) in [6.07, 6.45) is 8.97. The highest BCUT2D eigenvalue weighted by Crippen LogP contribution is 2.42. The van der Waals surface area contributed by atoms with Gasteiger partial charge in [0.25, 0.3) is 0 Å². The molecule has 0 spiro atoms. The first-order valence-corrected chi connectivity index (χ1v) is 11.4. The molecule has 29 heavy (non-hydrogen) atoms. The molecule has 4 fully saturated rings. The van der Waals surface area contributed by atoms with Crippen LogP contribution in [0.4, 0.5) is 5.82 Å². The molecule has 0 unspecified atom stereocenters. The van der Waals surface area contributed by atoms with Gasteiger partial charge in [0, 0.05) is 44.2 Å². The minimum Gasteiger partial charge on any atom is -0.356 e. The lowest BCUT2D eigenvalue weighted by Crippen LogP contribution is -2.67. The Kier molecular flexibility index (Phi) is 4.96. The first-order valence-electron chi connectivity index (χ1n) is 11.4. The van der Waals surface area contributed by atoms with Crippen LogP contribution in [0.1, 0.15) is 50.5 Å². The van der Waals surface area contributed by atoms with Gasteiger partial charge >= 0.3 is 0 Å². The van der Waals surface area contributed by atoms with Crippen molar-refractivity contribution in [3.05, 3.63) is 23.9 Å². The van der Waals surface area contributed by atoms with Crippen molar-refractivity contribution in [2.75, 3.05) is 24.5 Å². The van der Waals surface area contributed by atoms with E-state index in [1.54, 1.807) is 0 Å². The number of nitrogens with one attached hydrogen (secondary N) is 1. The minimum atomic E-state index is 0.112. The van der Waals surface area contributed by atoms with Crippen molar-refractivity contribution < 1.29 is 9.59 Å². The Bertz CT molecular complexity index is 793. The van der Waals surface area contributed by atoms with Gasteiger partial charge in [0.2, 0.25) is 11.8 Å². The number of rotatable bonds is 4. The van der Waals surface area contributed by atoms with E-state index in [9.17, 15) is 9.59 Å². The van der Waals surface area contributed by atoms with E-state index in [2.05, 4.69) is 33.1 Å². The van der Waals surface area contributed by atoms with E-state index in [1.807, 2.05) is 12.3 Å². The first-order chi connectivity index (χ1) is 14.1. The van der Waals surface area contributed by atoms with Crippen LogP contribution >= 0.6 is 0 Å². The lowest BCUT2D eigenvalue weighted by atomic mass is 9.72. The number of piperidine rings is 3. The molecule has 0 radical (unpaired) electrons. The molecule has 6 heteroatoms. The number of pyridine rings is 1. The SMILES string of the molecule is Cc1ccnc(N2C[C@H]3C[C@@H](C2)[C@H](CNC(=O)C2CCC2)N2C(=O)CCC[C@@H]32)c1. The first kappa shape index (κ1) is 18.9. The summed E-state index contributed by atoms with van der Waals surface area (Å²) in [4.78, 5) is 34.6. The van der Waals surface area contributed by atoms with Crippen molar-refractivity contribution in [1.82, 2.24) is 15.2 Å². The highest BCUT2D eigenvalue weighted by Gasteiger charge is 2.49. The Morgan fingerprint density at radius 2 is 2.03 bits per heavy atom. The highest BCUT2D eigenvalue weighted by atomic mass is 16.2. The van der Waals surface area contributed by atoms with E-state index in [-0.39, 0.29) is 17.9 Å². The molecule has 2 bridgehead atoms. The molecule has 1 aliphatic carbocycles. The number of hydrogen-bond donors (Lipinski definition) is 1. The summed E-state index contributed by atoms with van der Waals surface area (Å²) in [6.45, 7) is 4.59. The zero-order chi connectivity index (χ0) is 20.0. The van der Waals surface area contributed by atoms with Crippen LogP contribution in [0.15, 0.2) is 18.3 Å². The normalized spacial score (nSPS) is 31.8. The molecule has 3 saturated heterocycles. The van der Waals surface area contributed by atoms with Gasteiger partial charge in [-0.05, 0) is 68.6 Å². The van der Waals surface area contributed by atoms with E-state index in [4.69, 9.17) is 0 Å². The van der Waals surface area contributed by atoms with E-state index < -0.39 is 0 Å². The Hall–Kier alpha value is -2.11. The fourth-order valence-corrected chi connectivity index (χ4v) is 5.94. The second kappa shape index (κ2) is 7.62. The molecule has 156 valence electrons. The maximum absolute atomic E-state index is 12.9. The molecule has 1 saturated carbocycles. The third-order valence-electron chi connectivity index (χ3n) is 7.68. The fraction of sp³-hybridized carbons (Fsp3) is 0.696. The minimum absolute atomic E-state index is 0.112. The summed E-state index contributed by atoms with van der Waals surface area (Å²) in [5.41, 5.74) is 1.23. The van der Waals surface area contributed by atoms with Crippen LogP contribution in [0, 0.1) is 24.7 Å². The van der Waals surface area contributed by atoms with E-state index in [0.717, 1.165) is 57.4 Å². The van der Waals surface area contributed by atoms with E-state index >= 15 is 0 Å². The van der Waals surface area contributed by atoms with Gasteiger partial charge < -0.3 is 15.1 Å². The molecule has 3 aliphatic heterocycles. The van der Waals surface area contributed by atoms with Crippen molar-refractivity contribution in [1.29, 1.82) is 0 Å². The number of carbonyl (C=O) groups excluding carboxylic acids is 2. The van der Waals surface area contributed by atoms with Crippen molar-refractivity contribution in [3.63, 3.8) is 0 Å². The number of aromatic nitrogens is 1. The molecular weight excluding hydrogens is 364 g/mol.